The first kappa shape index (κ1) is 21.4. The van der Waals surface area contributed by atoms with Crippen LogP contribution in [-0.2, 0) is 6.18 Å². The van der Waals surface area contributed by atoms with E-state index in [1.165, 1.54) is 18.5 Å². The fourth-order valence-corrected chi connectivity index (χ4v) is 3.87. The third kappa shape index (κ3) is 4.15. The highest BCUT2D eigenvalue weighted by Gasteiger charge is 2.30. The number of hydrogen-bond donors (Lipinski definition) is 3. The van der Waals surface area contributed by atoms with Gasteiger partial charge in [-0.15, -0.1) is 0 Å². The first-order valence-electron chi connectivity index (χ1n) is 10.4. The van der Waals surface area contributed by atoms with Gasteiger partial charge in [0.25, 0.3) is 0 Å². The van der Waals surface area contributed by atoms with Crippen LogP contribution in [0, 0.1) is 6.92 Å². The van der Waals surface area contributed by atoms with E-state index < -0.39 is 17.8 Å². The van der Waals surface area contributed by atoms with Gasteiger partial charge >= 0.3 is 12.2 Å². The molecule has 0 aliphatic rings. The number of hydrogen-bond acceptors (Lipinski definition) is 3. The average Bonchev–Trinajstić information content (AvgIpc) is 3.18. The van der Waals surface area contributed by atoms with Crippen molar-refractivity contribution in [2.24, 2.45) is 0 Å². The number of amides is 2. The Bertz CT molecular complexity index is 1540. The van der Waals surface area contributed by atoms with Crippen molar-refractivity contribution in [3.05, 3.63) is 84.3 Å². The van der Waals surface area contributed by atoms with Gasteiger partial charge < -0.3 is 15.6 Å². The molecule has 2 amide bonds. The monoisotopic (exact) mass is 461 g/mol. The molecule has 0 unspecified atom stereocenters. The molecular formula is C25H18F3N5O. The molecule has 0 atom stereocenters. The Balaban J connectivity index is 1.41. The number of anilines is 2. The van der Waals surface area contributed by atoms with Crippen LogP contribution >= 0.6 is 0 Å². The minimum Gasteiger partial charge on any atom is -0.339 e. The van der Waals surface area contributed by atoms with E-state index in [1.807, 2.05) is 37.3 Å². The van der Waals surface area contributed by atoms with Crippen LogP contribution in [0.5, 0.6) is 0 Å². The first-order valence-corrected chi connectivity index (χ1v) is 10.4. The normalized spacial score (nSPS) is 11.6. The van der Waals surface area contributed by atoms with Crippen molar-refractivity contribution in [1.29, 1.82) is 0 Å². The van der Waals surface area contributed by atoms with E-state index in [9.17, 15) is 18.0 Å². The van der Waals surface area contributed by atoms with Gasteiger partial charge in [-0.2, -0.15) is 13.2 Å². The maximum atomic E-state index is 12.9. The number of alkyl halides is 3. The largest absolute Gasteiger partial charge is 0.416 e. The Hall–Kier alpha value is -4.40. The maximum Gasteiger partial charge on any atom is 0.416 e. The van der Waals surface area contributed by atoms with Crippen LogP contribution in [0.1, 0.15) is 11.1 Å². The Morgan fingerprint density at radius 2 is 1.74 bits per heavy atom. The molecule has 0 fully saturated rings. The molecule has 0 bridgehead atoms. The summed E-state index contributed by atoms with van der Waals surface area (Å²) in [5.41, 5.74) is 4.26. The van der Waals surface area contributed by atoms with Crippen LogP contribution in [-0.4, -0.2) is 21.0 Å². The van der Waals surface area contributed by atoms with Gasteiger partial charge in [-0.05, 0) is 66.1 Å². The fourth-order valence-electron chi connectivity index (χ4n) is 3.87. The van der Waals surface area contributed by atoms with Gasteiger partial charge in [0, 0.05) is 33.9 Å². The number of rotatable bonds is 3. The van der Waals surface area contributed by atoms with Gasteiger partial charge in [-0.1, -0.05) is 18.2 Å². The highest BCUT2D eigenvalue weighted by molar-refractivity contribution is 6.07. The molecular weight excluding hydrogens is 443 g/mol. The second-order valence-corrected chi connectivity index (χ2v) is 7.86. The van der Waals surface area contributed by atoms with Crippen molar-refractivity contribution in [3.63, 3.8) is 0 Å². The Labute approximate surface area is 191 Å². The minimum atomic E-state index is -4.49. The third-order valence-corrected chi connectivity index (χ3v) is 5.53. The van der Waals surface area contributed by atoms with E-state index in [4.69, 9.17) is 0 Å². The van der Waals surface area contributed by atoms with E-state index in [1.54, 1.807) is 12.3 Å². The van der Waals surface area contributed by atoms with E-state index in [0.29, 0.717) is 5.69 Å². The number of aromatic nitrogens is 3. The second kappa shape index (κ2) is 8.18. The molecule has 6 nitrogen and oxygen atoms in total. The smallest absolute Gasteiger partial charge is 0.339 e. The summed E-state index contributed by atoms with van der Waals surface area (Å²) in [4.78, 5) is 24.1. The summed E-state index contributed by atoms with van der Waals surface area (Å²) in [5, 5.41) is 7.03. The quantitative estimate of drug-likeness (QED) is 0.278. The molecule has 0 aliphatic heterocycles. The summed E-state index contributed by atoms with van der Waals surface area (Å²) in [6, 6.07) is 15.3. The van der Waals surface area contributed by atoms with Crippen LogP contribution < -0.4 is 10.6 Å². The number of aryl methyl sites for hydroxylation is 1. The Morgan fingerprint density at radius 1 is 0.941 bits per heavy atom. The van der Waals surface area contributed by atoms with Crippen LogP contribution in [0.25, 0.3) is 33.1 Å². The van der Waals surface area contributed by atoms with Gasteiger partial charge in [0.15, 0.2) is 0 Å². The van der Waals surface area contributed by atoms with Crippen molar-refractivity contribution < 1.29 is 18.0 Å². The molecule has 3 N–H and O–H groups in total. The lowest BCUT2D eigenvalue weighted by atomic mass is 9.98. The lowest BCUT2D eigenvalue weighted by molar-refractivity contribution is -0.137. The number of carbonyl (C=O) groups excluding carboxylic acids is 1. The molecule has 3 aromatic carbocycles. The summed E-state index contributed by atoms with van der Waals surface area (Å²) in [5.74, 6) is 0. The number of benzene rings is 3. The number of nitrogens with zero attached hydrogens (tertiary/aromatic N) is 2. The van der Waals surface area contributed by atoms with Crippen LogP contribution in [0.3, 0.4) is 0 Å². The van der Waals surface area contributed by atoms with Gasteiger partial charge in [-0.3, -0.25) is 0 Å². The molecule has 0 saturated heterocycles. The lowest BCUT2D eigenvalue weighted by Gasteiger charge is -2.13. The number of halogens is 3. The number of urea groups is 1. The highest BCUT2D eigenvalue weighted by atomic mass is 19.4. The summed E-state index contributed by atoms with van der Waals surface area (Å²) in [6.07, 6.45) is -1.24. The SMILES string of the molecule is Cc1ccc(NC(=O)Nc2cccc(C(F)(F)F)c2)cc1-c1ccc2[nH]c3ncncc3c2c1. The lowest BCUT2D eigenvalue weighted by Crippen LogP contribution is -2.19. The molecule has 0 aliphatic carbocycles. The second-order valence-electron chi connectivity index (χ2n) is 7.86. The minimum absolute atomic E-state index is 0.0478. The number of H-pyrrole nitrogens is 1. The van der Waals surface area contributed by atoms with E-state index >= 15 is 0 Å². The van der Waals surface area contributed by atoms with E-state index in [-0.39, 0.29) is 5.69 Å². The van der Waals surface area contributed by atoms with Crippen molar-refractivity contribution in [3.8, 4) is 11.1 Å². The number of fused-ring (bicyclic) bond motifs is 3. The zero-order chi connectivity index (χ0) is 23.9. The zero-order valence-electron chi connectivity index (χ0n) is 17.9. The molecule has 5 aromatic rings. The number of nitrogens with one attached hydrogen (secondary N) is 3. The van der Waals surface area contributed by atoms with E-state index in [0.717, 1.165) is 50.8 Å². The molecule has 0 spiro atoms. The number of aromatic amines is 1. The van der Waals surface area contributed by atoms with Gasteiger partial charge in [0.1, 0.15) is 12.0 Å². The Kier molecular flexibility index (Phi) is 5.16. The van der Waals surface area contributed by atoms with E-state index in [2.05, 4.69) is 25.6 Å². The van der Waals surface area contributed by atoms with Crippen molar-refractivity contribution in [2.75, 3.05) is 10.6 Å². The standard InChI is InChI=1S/C25H18F3N5O/c1-14-5-7-18(32-24(34)31-17-4-2-3-16(10-17)25(26,27)28)11-19(14)15-6-8-22-20(9-15)21-12-29-13-30-23(21)33-22/h2-13H,1H3,(H,29,30,33)(H2,31,32,34). The summed E-state index contributed by atoms with van der Waals surface area (Å²) in [6.45, 7) is 1.96. The molecule has 34 heavy (non-hydrogen) atoms. The number of carbonyl (C=O) groups is 1. The fraction of sp³-hybridized carbons (Fsp3) is 0.0800. The van der Waals surface area contributed by atoms with Crippen molar-refractivity contribution in [2.45, 2.75) is 13.1 Å². The van der Waals surface area contributed by atoms with Gasteiger partial charge in [0.05, 0.1) is 5.56 Å². The predicted molar refractivity (Wildman–Crippen MR) is 126 cm³/mol. The zero-order valence-corrected chi connectivity index (χ0v) is 17.9. The molecule has 5 rings (SSSR count). The first-order chi connectivity index (χ1) is 16.3. The van der Waals surface area contributed by atoms with Gasteiger partial charge in [-0.25, -0.2) is 14.8 Å². The van der Waals surface area contributed by atoms with Crippen LogP contribution in [0.4, 0.5) is 29.3 Å². The molecule has 170 valence electrons. The summed E-state index contributed by atoms with van der Waals surface area (Å²) in [7, 11) is 0. The Morgan fingerprint density at radius 3 is 2.53 bits per heavy atom. The van der Waals surface area contributed by atoms with Crippen LogP contribution in [0.15, 0.2) is 73.2 Å². The van der Waals surface area contributed by atoms with Gasteiger partial charge in [0.2, 0.25) is 0 Å². The predicted octanol–water partition coefficient (Wildman–Crippen LogP) is 6.75. The highest BCUT2D eigenvalue weighted by Crippen LogP contribution is 2.33. The molecule has 9 heteroatoms. The molecule has 0 saturated carbocycles. The average molecular weight is 461 g/mol. The summed E-state index contributed by atoms with van der Waals surface area (Å²) < 4.78 is 38.8. The molecule has 0 radical (unpaired) electrons. The molecule has 2 aromatic heterocycles. The van der Waals surface area contributed by atoms with Crippen LogP contribution in [0.2, 0.25) is 0 Å². The topological polar surface area (TPSA) is 82.7 Å². The third-order valence-electron chi connectivity index (χ3n) is 5.53. The molecule has 2 heterocycles. The summed E-state index contributed by atoms with van der Waals surface area (Å²) >= 11 is 0. The van der Waals surface area contributed by atoms with Crippen molar-refractivity contribution >= 4 is 39.3 Å². The maximum absolute atomic E-state index is 12.9. The van der Waals surface area contributed by atoms with Crippen molar-refractivity contribution in [1.82, 2.24) is 15.0 Å².